The van der Waals surface area contributed by atoms with Crippen LogP contribution < -0.4 is 5.32 Å². The Bertz CT molecular complexity index is 1160. The summed E-state index contributed by atoms with van der Waals surface area (Å²) in [6.45, 7) is 1.89. The van der Waals surface area contributed by atoms with E-state index in [0.29, 0.717) is 17.4 Å². The fourth-order valence-corrected chi connectivity index (χ4v) is 4.76. The van der Waals surface area contributed by atoms with Crippen LogP contribution in [0.2, 0.25) is 0 Å². The van der Waals surface area contributed by atoms with Crippen molar-refractivity contribution in [2.45, 2.75) is 12.3 Å². The van der Waals surface area contributed by atoms with Gasteiger partial charge in [0.2, 0.25) is 0 Å². The first kappa shape index (κ1) is 19.0. The summed E-state index contributed by atoms with van der Waals surface area (Å²) < 4.78 is 28.2. The smallest absolute Gasteiger partial charge is 0.133 e. The number of hydrogen-bond acceptors (Lipinski definition) is 1. The first-order valence-corrected chi connectivity index (χ1v) is 10.4. The third-order valence-corrected chi connectivity index (χ3v) is 6.29. The maximum absolute atomic E-state index is 14.1. The van der Waals surface area contributed by atoms with Crippen LogP contribution in [0, 0.1) is 17.6 Å². The molecule has 0 aliphatic carbocycles. The fraction of sp³-hybridized carbons (Fsp3) is 0.185. The normalized spacial score (nSPS) is 18.7. The Labute approximate surface area is 175 Å². The molecule has 4 aromatic rings. The van der Waals surface area contributed by atoms with Crippen LogP contribution in [0.5, 0.6) is 0 Å². The van der Waals surface area contributed by atoms with Crippen molar-refractivity contribution in [2.75, 3.05) is 13.1 Å². The zero-order chi connectivity index (χ0) is 20.5. The summed E-state index contributed by atoms with van der Waals surface area (Å²) in [6.07, 6.45) is 1.00. The summed E-state index contributed by atoms with van der Waals surface area (Å²) in [5.41, 5.74) is 3.20. The Hall–Kier alpha value is -3.04. The fourth-order valence-electron chi connectivity index (χ4n) is 4.76. The van der Waals surface area contributed by atoms with Gasteiger partial charge in [0.25, 0.3) is 0 Å². The SMILES string of the molecule is Fc1cccc(F)c1-c1ccc([C@@H]2CNC[C@H]2Cc2cccc3ccccc23)cc1. The van der Waals surface area contributed by atoms with Crippen molar-refractivity contribution in [1.82, 2.24) is 5.32 Å². The molecule has 0 amide bonds. The van der Waals surface area contributed by atoms with Crippen molar-refractivity contribution in [3.8, 4) is 11.1 Å². The van der Waals surface area contributed by atoms with Gasteiger partial charge >= 0.3 is 0 Å². The quantitative estimate of drug-likeness (QED) is 0.423. The maximum Gasteiger partial charge on any atom is 0.133 e. The highest BCUT2D eigenvalue weighted by molar-refractivity contribution is 5.85. The van der Waals surface area contributed by atoms with Gasteiger partial charge in [0.15, 0.2) is 0 Å². The summed E-state index contributed by atoms with van der Waals surface area (Å²) in [5.74, 6) is -0.200. The van der Waals surface area contributed by atoms with Crippen LogP contribution in [-0.4, -0.2) is 13.1 Å². The van der Waals surface area contributed by atoms with E-state index < -0.39 is 11.6 Å². The van der Waals surface area contributed by atoms with Gasteiger partial charge in [-0.3, -0.25) is 0 Å². The van der Waals surface area contributed by atoms with Crippen molar-refractivity contribution >= 4 is 10.8 Å². The molecule has 0 unspecified atom stereocenters. The number of benzene rings is 4. The van der Waals surface area contributed by atoms with Gasteiger partial charge < -0.3 is 5.32 Å². The van der Waals surface area contributed by atoms with E-state index in [2.05, 4.69) is 47.8 Å². The molecule has 5 rings (SSSR count). The van der Waals surface area contributed by atoms with Gasteiger partial charge in [0.1, 0.15) is 11.6 Å². The largest absolute Gasteiger partial charge is 0.316 e. The first-order valence-electron chi connectivity index (χ1n) is 10.4. The summed E-state index contributed by atoms with van der Waals surface area (Å²) in [5, 5.41) is 6.12. The monoisotopic (exact) mass is 399 g/mol. The predicted molar refractivity (Wildman–Crippen MR) is 119 cm³/mol. The molecule has 1 fully saturated rings. The van der Waals surface area contributed by atoms with Gasteiger partial charge in [-0.25, -0.2) is 8.78 Å². The number of fused-ring (bicyclic) bond motifs is 1. The van der Waals surface area contributed by atoms with Gasteiger partial charge in [-0.2, -0.15) is 0 Å². The summed E-state index contributed by atoms with van der Waals surface area (Å²) in [4.78, 5) is 0. The number of halogens is 2. The minimum atomic E-state index is -0.529. The molecule has 2 atom stereocenters. The second kappa shape index (κ2) is 8.00. The molecule has 0 aromatic heterocycles. The first-order chi connectivity index (χ1) is 14.7. The molecule has 1 saturated heterocycles. The van der Waals surface area contributed by atoms with Gasteiger partial charge in [-0.1, -0.05) is 72.8 Å². The molecule has 0 spiro atoms. The van der Waals surface area contributed by atoms with E-state index in [4.69, 9.17) is 0 Å². The second-order valence-electron chi connectivity index (χ2n) is 8.09. The molecule has 0 radical (unpaired) electrons. The summed E-state index contributed by atoms with van der Waals surface area (Å²) >= 11 is 0. The van der Waals surface area contributed by atoms with Crippen LogP contribution in [-0.2, 0) is 6.42 Å². The molecular weight excluding hydrogens is 376 g/mol. The number of rotatable bonds is 4. The molecule has 150 valence electrons. The Morgan fingerprint density at radius 2 is 1.43 bits per heavy atom. The van der Waals surface area contributed by atoms with Crippen molar-refractivity contribution in [2.24, 2.45) is 5.92 Å². The second-order valence-corrected chi connectivity index (χ2v) is 8.09. The minimum Gasteiger partial charge on any atom is -0.316 e. The van der Waals surface area contributed by atoms with Crippen molar-refractivity contribution in [3.05, 3.63) is 108 Å². The molecule has 4 aromatic carbocycles. The minimum absolute atomic E-state index is 0.0425. The van der Waals surface area contributed by atoms with Crippen LogP contribution in [0.3, 0.4) is 0 Å². The van der Waals surface area contributed by atoms with Gasteiger partial charge in [-0.05, 0) is 58.5 Å². The van der Waals surface area contributed by atoms with Crippen LogP contribution in [0.4, 0.5) is 8.78 Å². The van der Waals surface area contributed by atoms with E-state index in [1.54, 1.807) is 0 Å². The van der Waals surface area contributed by atoms with Gasteiger partial charge in [0.05, 0.1) is 5.56 Å². The highest BCUT2D eigenvalue weighted by Crippen LogP contribution is 2.34. The Kier molecular flexibility index (Phi) is 5.06. The average Bonchev–Trinajstić information content (AvgIpc) is 3.23. The van der Waals surface area contributed by atoms with Crippen molar-refractivity contribution in [3.63, 3.8) is 0 Å². The zero-order valence-electron chi connectivity index (χ0n) is 16.6. The molecule has 0 saturated carbocycles. The highest BCUT2D eigenvalue weighted by atomic mass is 19.1. The summed E-state index contributed by atoms with van der Waals surface area (Å²) in [7, 11) is 0. The number of hydrogen-bond donors (Lipinski definition) is 1. The lowest BCUT2D eigenvalue weighted by Gasteiger charge is -2.20. The highest BCUT2D eigenvalue weighted by Gasteiger charge is 2.29. The zero-order valence-corrected chi connectivity index (χ0v) is 16.6. The standard InChI is InChI=1S/C27H23F2N/c28-25-9-4-10-26(29)27(25)20-13-11-19(12-14-20)24-17-30-16-22(24)15-21-7-3-6-18-5-1-2-8-23(18)21/h1-14,22,24,30H,15-17H2/t22-,24+/m1/s1. The molecule has 30 heavy (non-hydrogen) atoms. The van der Waals surface area contributed by atoms with Gasteiger partial charge in [0, 0.05) is 12.5 Å². The number of nitrogens with one attached hydrogen (secondary N) is 1. The van der Waals surface area contributed by atoms with Crippen LogP contribution in [0.15, 0.2) is 84.9 Å². The Morgan fingerprint density at radius 3 is 2.23 bits per heavy atom. The molecular formula is C27H23F2N. The lowest BCUT2D eigenvalue weighted by Crippen LogP contribution is -2.14. The van der Waals surface area contributed by atoms with Gasteiger partial charge in [-0.15, -0.1) is 0 Å². The van der Waals surface area contributed by atoms with E-state index in [1.165, 1.54) is 40.1 Å². The van der Waals surface area contributed by atoms with Crippen LogP contribution in [0.25, 0.3) is 21.9 Å². The Balaban J connectivity index is 1.41. The van der Waals surface area contributed by atoms with Crippen molar-refractivity contribution < 1.29 is 8.78 Å². The molecule has 1 heterocycles. The Morgan fingerprint density at radius 1 is 0.733 bits per heavy atom. The molecule has 1 nitrogen and oxygen atoms in total. The molecule has 3 heteroatoms. The van der Waals surface area contributed by atoms with E-state index in [-0.39, 0.29) is 5.56 Å². The summed E-state index contributed by atoms with van der Waals surface area (Å²) in [6, 6.07) is 26.7. The lowest BCUT2D eigenvalue weighted by atomic mass is 9.83. The molecule has 0 bridgehead atoms. The molecule has 1 N–H and O–H groups in total. The van der Waals surface area contributed by atoms with Crippen LogP contribution in [0.1, 0.15) is 17.0 Å². The van der Waals surface area contributed by atoms with E-state index in [9.17, 15) is 8.78 Å². The lowest BCUT2D eigenvalue weighted by molar-refractivity contribution is 0.518. The van der Waals surface area contributed by atoms with Crippen molar-refractivity contribution in [1.29, 1.82) is 0 Å². The third-order valence-electron chi connectivity index (χ3n) is 6.29. The average molecular weight is 399 g/mol. The predicted octanol–water partition coefficient (Wildman–Crippen LogP) is 6.33. The topological polar surface area (TPSA) is 12.0 Å². The van der Waals surface area contributed by atoms with E-state index in [1.807, 2.05) is 24.3 Å². The molecule has 1 aliphatic rings. The molecule has 1 aliphatic heterocycles. The maximum atomic E-state index is 14.1. The van der Waals surface area contributed by atoms with E-state index in [0.717, 1.165) is 19.5 Å². The van der Waals surface area contributed by atoms with Crippen LogP contribution >= 0.6 is 0 Å². The third kappa shape index (κ3) is 3.50. The van der Waals surface area contributed by atoms with E-state index >= 15 is 0 Å².